The summed E-state index contributed by atoms with van der Waals surface area (Å²) in [6.45, 7) is 7.02. The number of carbonyl (C=O) groups excluding carboxylic acids is 2. The second-order valence-electron chi connectivity index (χ2n) is 7.31. The number of piperazine rings is 1. The molecule has 7 nitrogen and oxygen atoms in total. The van der Waals surface area contributed by atoms with Gasteiger partial charge in [0.05, 0.1) is 32.8 Å². The molecule has 0 saturated carbocycles. The lowest BCUT2D eigenvalue weighted by Crippen LogP contribution is -3.15. The largest absolute Gasteiger partial charge is 0.450 e. The number of carbonyl (C=O) groups is 2. The first-order valence-electron chi connectivity index (χ1n) is 9.77. The molecule has 0 bridgehead atoms. The van der Waals surface area contributed by atoms with Crippen molar-refractivity contribution in [1.82, 2.24) is 14.8 Å². The molecule has 4 rings (SSSR count). The van der Waals surface area contributed by atoms with Gasteiger partial charge < -0.3 is 19.5 Å². The maximum atomic E-state index is 12.8. The van der Waals surface area contributed by atoms with E-state index in [1.54, 1.807) is 4.90 Å². The summed E-state index contributed by atoms with van der Waals surface area (Å²) in [4.78, 5) is 33.1. The number of nitrogens with zero attached hydrogens (tertiary/aromatic N) is 2. The molecule has 0 spiro atoms. The van der Waals surface area contributed by atoms with Crippen molar-refractivity contribution < 1.29 is 19.2 Å². The van der Waals surface area contributed by atoms with Crippen LogP contribution in [-0.4, -0.2) is 72.7 Å². The van der Waals surface area contributed by atoms with E-state index >= 15 is 0 Å². The van der Waals surface area contributed by atoms with E-state index in [4.69, 9.17) is 4.74 Å². The number of nitrogens with one attached hydrogen (secondary N) is 2. The van der Waals surface area contributed by atoms with E-state index in [0.717, 1.165) is 31.6 Å². The lowest BCUT2D eigenvalue weighted by molar-refractivity contribution is -0.896. The number of ether oxygens (including phenoxy) is 1. The van der Waals surface area contributed by atoms with Crippen molar-refractivity contribution in [2.24, 2.45) is 0 Å². The highest BCUT2D eigenvalue weighted by Crippen LogP contribution is 2.27. The van der Waals surface area contributed by atoms with Gasteiger partial charge >= 0.3 is 6.09 Å². The predicted octanol–water partition coefficient (Wildman–Crippen LogP) is 0.410. The van der Waals surface area contributed by atoms with Crippen LogP contribution in [0, 0.1) is 0 Å². The Morgan fingerprint density at radius 2 is 1.93 bits per heavy atom. The fraction of sp³-hybridized carbons (Fsp3) is 0.500. The van der Waals surface area contributed by atoms with Crippen LogP contribution in [0.2, 0.25) is 0 Å². The van der Waals surface area contributed by atoms with E-state index < -0.39 is 0 Å². The van der Waals surface area contributed by atoms with E-state index in [2.05, 4.69) is 17.1 Å². The average molecular weight is 371 g/mol. The van der Waals surface area contributed by atoms with Crippen molar-refractivity contribution >= 4 is 22.9 Å². The Labute approximate surface area is 158 Å². The van der Waals surface area contributed by atoms with Gasteiger partial charge in [0.2, 0.25) is 0 Å². The minimum absolute atomic E-state index is 0.200. The lowest BCUT2D eigenvalue weighted by Gasteiger charge is -2.33. The van der Waals surface area contributed by atoms with Crippen molar-refractivity contribution in [1.29, 1.82) is 0 Å². The smallest absolute Gasteiger partial charge is 0.410 e. The molecule has 0 atom stereocenters. The molecule has 1 saturated heterocycles. The number of para-hydroxylation sites is 1. The maximum absolute atomic E-state index is 12.8. The molecule has 1 aromatic heterocycles. The van der Waals surface area contributed by atoms with Crippen LogP contribution in [0.3, 0.4) is 0 Å². The van der Waals surface area contributed by atoms with Crippen LogP contribution in [0.4, 0.5) is 4.79 Å². The van der Waals surface area contributed by atoms with Gasteiger partial charge in [-0.1, -0.05) is 18.2 Å². The number of hydrogen-bond donors (Lipinski definition) is 2. The number of aromatic nitrogens is 1. The Morgan fingerprint density at radius 3 is 2.70 bits per heavy atom. The van der Waals surface area contributed by atoms with Crippen LogP contribution in [0.5, 0.6) is 0 Å². The predicted molar refractivity (Wildman–Crippen MR) is 102 cm³/mol. The molecule has 1 fully saturated rings. The zero-order valence-electron chi connectivity index (χ0n) is 15.8. The first kappa shape index (κ1) is 17.9. The van der Waals surface area contributed by atoms with E-state index in [1.165, 1.54) is 21.5 Å². The first-order valence-corrected chi connectivity index (χ1v) is 9.77. The second kappa shape index (κ2) is 7.60. The monoisotopic (exact) mass is 371 g/mol. The van der Waals surface area contributed by atoms with Gasteiger partial charge in [-0.3, -0.25) is 9.69 Å². The molecule has 0 radical (unpaired) electrons. The molecular formula is C20H27N4O3+. The van der Waals surface area contributed by atoms with E-state index in [0.29, 0.717) is 32.8 Å². The van der Waals surface area contributed by atoms with E-state index in [-0.39, 0.29) is 12.0 Å². The van der Waals surface area contributed by atoms with E-state index in [1.807, 2.05) is 24.0 Å². The molecule has 2 N–H and O–H groups in total. The number of rotatable bonds is 3. The number of fused-ring (bicyclic) bond motifs is 3. The van der Waals surface area contributed by atoms with Crippen LogP contribution >= 0.6 is 0 Å². The number of quaternary nitrogens is 1. The molecule has 2 aliphatic heterocycles. The molecule has 27 heavy (non-hydrogen) atoms. The van der Waals surface area contributed by atoms with Crippen molar-refractivity contribution in [2.45, 2.75) is 19.9 Å². The topological polar surface area (TPSA) is 70.1 Å². The zero-order chi connectivity index (χ0) is 18.8. The Kier molecular flexibility index (Phi) is 5.03. The Morgan fingerprint density at radius 1 is 1.15 bits per heavy atom. The third-order valence-electron chi connectivity index (χ3n) is 5.63. The fourth-order valence-electron chi connectivity index (χ4n) is 4.10. The molecule has 0 unspecified atom stereocenters. The summed E-state index contributed by atoms with van der Waals surface area (Å²) in [5.74, 6) is 0.200. The van der Waals surface area contributed by atoms with Gasteiger partial charge in [-0.05, 0) is 13.0 Å². The average Bonchev–Trinajstić information content (AvgIpc) is 3.06. The molecule has 0 aliphatic carbocycles. The second-order valence-corrected chi connectivity index (χ2v) is 7.31. The molecule has 2 amide bonds. The highest BCUT2D eigenvalue weighted by molar-refractivity contribution is 5.86. The number of amides is 2. The number of aromatic amines is 1. The van der Waals surface area contributed by atoms with Gasteiger partial charge in [-0.2, -0.15) is 0 Å². The van der Waals surface area contributed by atoms with Crippen LogP contribution in [0.15, 0.2) is 24.3 Å². The number of H-pyrrole nitrogens is 1. The summed E-state index contributed by atoms with van der Waals surface area (Å²) in [6, 6.07) is 8.29. The minimum atomic E-state index is -0.245. The summed E-state index contributed by atoms with van der Waals surface area (Å²) >= 11 is 0. The van der Waals surface area contributed by atoms with Crippen LogP contribution in [0.1, 0.15) is 18.2 Å². The van der Waals surface area contributed by atoms with Gasteiger partial charge in [0.15, 0.2) is 6.54 Å². The number of benzene rings is 1. The molecule has 3 heterocycles. The maximum Gasteiger partial charge on any atom is 0.410 e. The Bertz CT molecular complexity index is 839. The molecule has 7 heteroatoms. The van der Waals surface area contributed by atoms with Gasteiger partial charge in [0, 0.05) is 41.7 Å². The number of hydrogen-bond acceptors (Lipinski definition) is 3. The van der Waals surface area contributed by atoms with Gasteiger partial charge in [0.25, 0.3) is 5.91 Å². The fourth-order valence-corrected chi connectivity index (χ4v) is 4.10. The quantitative estimate of drug-likeness (QED) is 0.821. The van der Waals surface area contributed by atoms with Gasteiger partial charge in [0.1, 0.15) is 0 Å². The van der Waals surface area contributed by atoms with Gasteiger partial charge in [-0.25, -0.2) is 4.79 Å². The van der Waals surface area contributed by atoms with Crippen molar-refractivity contribution in [3.05, 3.63) is 35.5 Å². The van der Waals surface area contributed by atoms with Crippen molar-refractivity contribution in [2.75, 3.05) is 45.9 Å². The van der Waals surface area contributed by atoms with Crippen LogP contribution < -0.4 is 4.90 Å². The summed E-state index contributed by atoms with van der Waals surface area (Å²) in [6.07, 6.45) is 0.632. The Hall–Kier alpha value is -2.54. The SMILES string of the molecule is CCOC(=O)N1CC[NH+](CC(=O)N2CCc3[nH]c4ccccc4c3C2)CC1. The lowest BCUT2D eigenvalue weighted by atomic mass is 10.0. The summed E-state index contributed by atoms with van der Waals surface area (Å²) in [7, 11) is 0. The van der Waals surface area contributed by atoms with Crippen LogP contribution in [-0.2, 0) is 22.5 Å². The summed E-state index contributed by atoms with van der Waals surface area (Å²) < 4.78 is 5.05. The molecule has 2 aliphatic rings. The van der Waals surface area contributed by atoms with Gasteiger partial charge in [-0.15, -0.1) is 0 Å². The zero-order valence-corrected chi connectivity index (χ0v) is 15.8. The summed E-state index contributed by atoms with van der Waals surface area (Å²) in [5, 5.41) is 1.22. The molecule has 1 aromatic carbocycles. The highest BCUT2D eigenvalue weighted by atomic mass is 16.6. The molecule has 2 aromatic rings. The molecule has 144 valence electrons. The third-order valence-corrected chi connectivity index (χ3v) is 5.63. The van der Waals surface area contributed by atoms with E-state index in [9.17, 15) is 9.59 Å². The standard InChI is InChI=1S/C20H26N4O3/c1-2-27-20(26)23-11-9-22(10-12-23)14-19(25)24-8-7-18-16(13-24)15-5-3-4-6-17(15)21-18/h3-6,21H,2,7-14H2,1H3/p+1. The van der Waals surface area contributed by atoms with Crippen molar-refractivity contribution in [3.8, 4) is 0 Å². The first-order chi connectivity index (χ1) is 13.2. The normalized spacial score (nSPS) is 17.8. The Balaban J connectivity index is 1.34. The van der Waals surface area contributed by atoms with Crippen LogP contribution in [0.25, 0.3) is 10.9 Å². The summed E-state index contributed by atoms with van der Waals surface area (Å²) in [5.41, 5.74) is 3.67. The third kappa shape index (κ3) is 3.64. The highest BCUT2D eigenvalue weighted by Gasteiger charge is 2.29. The molecular weight excluding hydrogens is 344 g/mol. The van der Waals surface area contributed by atoms with Crippen molar-refractivity contribution in [3.63, 3.8) is 0 Å². The minimum Gasteiger partial charge on any atom is -0.450 e.